The Morgan fingerprint density at radius 3 is 2.48 bits per heavy atom. The van der Waals surface area contributed by atoms with Gasteiger partial charge in [0.2, 0.25) is 5.91 Å². The molecule has 0 bridgehead atoms. The van der Waals surface area contributed by atoms with E-state index in [-0.39, 0.29) is 17.3 Å². The summed E-state index contributed by atoms with van der Waals surface area (Å²) in [5.74, 6) is 2.24. The van der Waals surface area contributed by atoms with Crippen molar-refractivity contribution in [1.82, 2.24) is 4.90 Å². The Morgan fingerprint density at radius 2 is 1.74 bits per heavy atom. The monoisotopic (exact) mass is 434 g/mol. The van der Waals surface area contributed by atoms with Gasteiger partial charge in [-0.25, -0.2) is 8.42 Å². The van der Waals surface area contributed by atoms with Crippen molar-refractivity contribution in [2.45, 2.75) is 4.90 Å². The summed E-state index contributed by atoms with van der Waals surface area (Å²) in [4.78, 5) is 14.7. The van der Waals surface area contributed by atoms with Gasteiger partial charge in [0.05, 0.1) is 23.8 Å². The van der Waals surface area contributed by atoms with Gasteiger partial charge in [-0.3, -0.25) is 9.10 Å². The zero-order valence-electron chi connectivity index (χ0n) is 16.9. The zero-order chi connectivity index (χ0) is 21.8. The Balaban J connectivity index is 1.75. The van der Waals surface area contributed by atoms with Crippen LogP contribution >= 0.6 is 0 Å². The van der Waals surface area contributed by atoms with E-state index in [9.17, 15) is 13.2 Å². The molecule has 1 amide bonds. The van der Waals surface area contributed by atoms with Crippen LogP contribution in [0.3, 0.4) is 0 Å². The lowest BCUT2D eigenvalue weighted by Gasteiger charge is -2.30. The molecule has 4 rings (SSSR count). The number of sulfonamides is 1. The molecular weight excluding hydrogens is 412 g/mol. The topological polar surface area (TPSA) is 66.9 Å². The van der Waals surface area contributed by atoms with E-state index in [0.29, 0.717) is 37.6 Å². The minimum absolute atomic E-state index is 0.118. The van der Waals surface area contributed by atoms with Gasteiger partial charge in [0.15, 0.2) is 0 Å². The maximum atomic E-state index is 13.7. The molecule has 1 aliphatic rings. The fraction of sp³-hybridized carbons (Fsp3) is 0.208. The molecule has 0 radical (unpaired) electrons. The molecule has 3 aromatic carbocycles. The van der Waals surface area contributed by atoms with Crippen LogP contribution in [0.1, 0.15) is 5.56 Å². The number of hydrogen-bond donors (Lipinski definition) is 0. The van der Waals surface area contributed by atoms with Crippen molar-refractivity contribution in [2.75, 3.05) is 37.2 Å². The fourth-order valence-corrected chi connectivity index (χ4v) is 5.00. The second-order valence-electron chi connectivity index (χ2n) is 7.21. The number of carbonyl (C=O) groups excluding carboxylic acids is 1. The number of ether oxygens (including phenoxy) is 1. The van der Waals surface area contributed by atoms with Gasteiger partial charge in [0.1, 0.15) is 6.54 Å². The molecule has 1 fully saturated rings. The summed E-state index contributed by atoms with van der Waals surface area (Å²) in [5, 5.41) is 1.74. The average molecular weight is 435 g/mol. The summed E-state index contributed by atoms with van der Waals surface area (Å²) in [6, 6.07) is 19.1. The molecular formula is C24H22N2O4S. The molecule has 31 heavy (non-hydrogen) atoms. The number of terminal acetylenes is 1. The predicted molar refractivity (Wildman–Crippen MR) is 120 cm³/mol. The second kappa shape index (κ2) is 8.80. The second-order valence-corrected chi connectivity index (χ2v) is 9.07. The first-order valence-corrected chi connectivity index (χ1v) is 11.4. The maximum Gasteiger partial charge on any atom is 0.264 e. The summed E-state index contributed by atoms with van der Waals surface area (Å²) in [6.45, 7) is 1.44. The van der Waals surface area contributed by atoms with Crippen LogP contribution in [-0.4, -0.2) is 52.1 Å². The third-order valence-electron chi connectivity index (χ3n) is 5.25. The van der Waals surface area contributed by atoms with E-state index in [1.165, 1.54) is 0 Å². The number of morpholine rings is 1. The fourth-order valence-electron chi connectivity index (χ4n) is 3.56. The van der Waals surface area contributed by atoms with E-state index < -0.39 is 10.0 Å². The van der Waals surface area contributed by atoms with Crippen molar-refractivity contribution < 1.29 is 17.9 Å². The number of benzene rings is 3. The molecule has 3 aromatic rings. The van der Waals surface area contributed by atoms with E-state index in [1.807, 2.05) is 24.3 Å². The Morgan fingerprint density at radius 1 is 1.00 bits per heavy atom. The minimum Gasteiger partial charge on any atom is -0.378 e. The largest absolute Gasteiger partial charge is 0.378 e. The van der Waals surface area contributed by atoms with Crippen molar-refractivity contribution in [2.24, 2.45) is 0 Å². The van der Waals surface area contributed by atoms with Crippen LogP contribution in [0.4, 0.5) is 5.69 Å². The predicted octanol–water partition coefficient (Wildman–Crippen LogP) is 2.88. The standard InChI is InChI=1S/C24H22N2O4S/c1-2-19-6-5-9-22(16-19)26(18-24(27)25-12-14-30-15-13-25)31(28,29)23-11-10-20-7-3-4-8-21(20)17-23/h1,3-11,16-17H,12-15,18H2. The van der Waals surface area contributed by atoms with Crippen LogP contribution in [0.2, 0.25) is 0 Å². The van der Waals surface area contributed by atoms with Crippen LogP contribution in [0, 0.1) is 12.3 Å². The van der Waals surface area contributed by atoms with Crippen LogP contribution in [0.25, 0.3) is 10.8 Å². The van der Waals surface area contributed by atoms with Gasteiger partial charge >= 0.3 is 0 Å². The van der Waals surface area contributed by atoms with Gasteiger partial charge in [-0.15, -0.1) is 6.42 Å². The van der Waals surface area contributed by atoms with Gasteiger partial charge < -0.3 is 9.64 Å². The molecule has 1 aliphatic heterocycles. The Labute approximate surface area is 182 Å². The molecule has 1 heterocycles. The van der Waals surface area contributed by atoms with Crippen LogP contribution < -0.4 is 4.31 Å². The number of rotatable bonds is 5. The third kappa shape index (κ3) is 4.41. The molecule has 1 saturated heterocycles. The Bertz CT molecular complexity index is 1260. The van der Waals surface area contributed by atoms with E-state index >= 15 is 0 Å². The average Bonchev–Trinajstić information content (AvgIpc) is 2.82. The van der Waals surface area contributed by atoms with Crippen molar-refractivity contribution in [1.29, 1.82) is 0 Å². The van der Waals surface area contributed by atoms with E-state index in [1.54, 1.807) is 47.4 Å². The zero-order valence-corrected chi connectivity index (χ0v) is 17.7. The summed E-state index contributed by atoms with van der Waals surface area (Å²) in [6.07, 6.45) is 5.51. The maximum absolute atomic E-state index is 13.7. The van der Waals surface area contributed by atoms with Gasteiger partial charge in [0.25, 0.3) is 10.0 Å². The van der Waals surface area contributed by atoms with E-state index in [4.69, 9.17) is 11.2 Å². The van der Waals surface area contributed by atoms with Crippen LogP contribution in [0.5, 0.6) is 0 Å². The number of hydrogen-bond acceptors (Lipinski definition) is 4. The molecule has 0 atom stereocenters. The number of nitrogens with zero attached hydrogens (tertiary/aromatic N) is 2. The van der Waals surface area contributed by atoms with Crippen LogP contribution in [-0.2, 0) is 19.6 Å². The number of anilines is 1. The lowest BCUT2D eigenvalue weighted by molar-refractivity contribution is -0.133. The lowest BCUT2D eigenvalue weighted by Crippen LogP contribution is -2.47. The first-order valence-electron chi connectivity index (χ1n) is 9.93. The summed E-state index contributed by atoms with van der Waals surface area (Å²) < 4.78 is 33.8. The Kier molecular flexibility index (Phi) is 5.94. The van der Waals surface area contributed by atoms with Crippen molar-refractivity contribution in [3.05, 3.63) is 72.3 Å². The molecule has 0 saturated carbocycles. The summed E-state index contributed by atoms with van der Waals surface area (Å²) in [5.41, 5.74) is 0.889. The highest BCUT2D eigenvalue weighted by molar-refractivity contribution is 7.92. The smallest absolute Gasteiger partial charge is 0.264 e. The van der Waals surface area contributed by atoms with Crippen molar-refractivity contribution in [3.8, 4) is 12.3 Å². The quantitative estimate of drug-likeness (QED) is 0.579. The third-order valence-corrected chi connectivity index (χ3v) is 7.02. The van der Waals surface area contributed by atoms with Gasteiger partial charge in [0, 0.05) is 18.7 Å². The molecule has 6 nitrogen and oxygen atoms in total. The van der Waals surface area contributed by atoms with E-state index in [0.717, 1.165) is 15.1 Å². The van der Waals surface area contributed by atoms with Crippen molar-refractivity contribution >= 4 is 32.4 Å². The van der Waals surface area contributed by atoms with Crippen LogP contribution in [0.15, 0.2) is 71.6 Å². The normalized spacial score (nSPS) is 14.2. The number of amides is 1. The highest BCUT2D eigenvalue weighted by Gasteiger charge is 2.30. The van der Waals surface area contributed by atoms with Gasteiger partial charge in [-0.2, -0.15) is 0 Å². The summed E-state index contributed by atoms with van der Waals surface area (Å²) >= 11 is 0. The Hall–Kier alpha value is -3.34. The molecule has 0 unspecified atom stereocenters. The molecule has 0 spiro atoms. The highest BCUT2D eigenvalue weighted by atomic mass is 32.2. The number of fused-ring (bicyclic) bond motifs is 1. The SMILES string of the molecule is C#Cc1cccc(N(CC(=O)N2CCOCC2)S(=O)(=O)c2ccc3ccccc3c2)c1. The molecule has 7 heteroatoms. The first-order chi connectivity index (χ1) is 15.0. The van der Waals surface area contributed by atoms with E-state index in [2.05, 4.69) is 5.92 Å². The molecule has 0 aliphatic carbocycles. The highest BCUT2D eigenvalue weighted by Crippen LogP contribution is 2.27. The summed E-state index contributed by atoms with van der Waals surface area (Å²) in [7, 11) is -4.02. The van der Waals surface area contributed by atoms with Crippen molar-refractivity contribution in [3.63, 3.8) is 0 Å². The number of carbonyl (C=O) groups is 1. The molecule has 0 N–H and O–H groups in total. The minimum atomic E-state index is -4.02. The van der Waals surface area contributed by atoms with Gasteiger partial charge in [-0.1, -0.05) is 42.3 Å². The lowest BCUT2D eigenvalue weighted by atomic mass is 10.1. The van der Waals surface area contributed by atoms with Gasteiger partial charge in [-0.05, 0) is 41.1 Å². The first kappa shape index (κ1) is 20.9. The molecule has 158 valence electrons. The molecule has 0 aromatic heterocycles.